The van der Waals surface area contributed by atoms with Crippen molar-refractivity contribution in [2.75, 3.05) is 27.3 Å². The van der Waals surface area contributed by atoms with E-state index in [1.54, 1.807) is 7.11 Å². The van der Waals surface area contributed by atoms with Crippen LogP contribution in [0.2, 0.25) is 0 Å². The van der Waals surface area contributed by atoms with E-state index in [1.165, 1.54) is 5.56 Å². The van der Waals surface area contributed by atoms with E-state index in [0.717, 1.165) is 13.0 Å². The molecular formula is C14H24N2O. The second-order valence-corrected chi connectivity index (χ2v) is 4.55. The normalized spacial score (nSPS) is 14.9. The predicted octanol–water partition coefficient (Wildman–Crippen LogP) is 1.52. The molecule has 96 valence electrons. The Hall–Kier alpha value is -0.900. The average Bonchev–Trinajstić information content (AvgIpc) is 2.36. The lowest BCUT2D eigenvalue weighted by Gasteiger charge is -2.32. The number of nitrogens with two attached hydrogens (primary N) is 1. The fourth-order valence-electron chi connectivity index (χ4n) is 2.00. The highest BCUT2D eigenvalue weighted by molar-refractivity contribution is 5.16. The van der Waals surface area contributed by atoms with Crippen molar-refractivity contribution in [3.05, 3.63) is 35.9 Å². The maximum atomic E-state index is 5.87. The van der Waals surface area contributed by atoms with Crippen LogP contribution >= 0.6 is 0 Å². The van der Waals surface area contributed by atoms with Gasteiger partial charge in [0.05, 0.1) is 6.61 Å². The number of nitrogens with zero attached hydrogens (tertiary/aromatic N) is 1. The fraction of sp³-hybridized carbons (Fsp3) is 0.571. The third kappa shape index (κ3) is 4.46. The minimum atomic E-state index is 0.363. The molecule has 0 fully saturated rings. The Kier molecular flexibility index (Phi) is 6.19. The van der Waals surface area contributed by atoms with Gasteiger partial charge in [-0.25, -0.2) is 0 Å². The zero-order chi connectivity index (χ0) is 12.7. The molecule has 2 atom stereocenters. The molecule has 0 saturated heterocycles. The summed E-state index contributed by atoms with van der Waals surface area (Å²) in [4.78, 5) is 2.30. The molecule has 0 heterocycles. The van der Waals surface area contributed by atoms with Crippen LogP contribution < -0.4 is 5.73 Å². The van der Waals surface area contributed by atoms with Crippen LogP contribution in [0.5, 0.6) is 0 Å². The molecule has 1 rings (SSSR count). The summed E-state index contributed by atoms with van der Waals surface area (Å²) in [5, 5.41) is 0. The number of likely N-dealkylation sites (N-methyl/N-ethyl adjacent to an activating group) is 1. The molecular weight excluding hydrogens is 212 g/mol. The van der Waals surface area contributed by atoms with Crippen LogP contribution in [0.1, 0.15) is 12.5 Å². The van der Waals surface area contributed by atoms with Gasteiger partial charge in [-0.3, -0.25) is 4.90 Å². The quantitative estimate of drug-likeness (QED) is 0.780. The third-order valence-corrected chi connectivity index (χ3v) is 3.27. The van der Waals surface area contributed by atoms with Crippen molar-refractivity contribution < 1.29 is 4.74 Å². The van der Waals surface area contributed by atoms with Gasteiger partial charge in [0.25, 0.3) is 0 Å². The van der Waals surface area contributed by atoms with Gasteiger partial charge in [-0.05, 0) is 26.0 Å². The first-order valence-corrected chi connectivity index (χ1v) is 6.14. The van der Waals surface area contributed by atoms with Crippen molar-refractivity contribution in [1.29, 1.82) is 0 Å². The van der Waals surface area contributed by atoms with Crippen LogP contribution in [0.25, 0.3) is 0 Å². The third-order valence-electron chi connectivity index (χ3n) is 3.27. The summed E-state index contributed by atoms with van der Waals surface area (Å²) in [6, 6.07) is 11.2. The van der Waals surface area contributed by atoms with Crippen molar-refractivity contribution in [1.82, 2.24) is 4.90 Å². The molecule has 1 aromatic rings. The second kappa shape index (κ2) is 7.43. The largest absolute Gasteiger partial charge is 0.383 e. The molecule has 0 radical (unpaired) electrons. The Morgan fingerprint density at radius 2 is 1.94 bits per heavy atom. The van der Waals surface area contributed by atoms with E-state index in [4.69, 9.17) is 10.5 Å². The summed E-state index contributed by atoms with van der Waals surface area (Å²) in [5.74, 6) is 0. The first-order chi connectivity index (χ1) is 8.19. The Bertz CT molecular complexity index is 302. The van der Waals surface area contributed by atoms with Gasteiger partial charge < -0.3 is 10.5 Å². The summed E-state index contributed by atoms with van der Waals surface area (Å²) in [6.45, 7) is 3.57. The molecule has 0 bridgehead atoms. The highest BCUT2D eigenvalue weighted by atomic mass is 16.5. The molecule has 0 aliphatic carbocycles. The number of benzene rings is 1. The Morgan fingerprint density at radius 3 is 2.47 bits per heavy atom. The SMILES string of the molecule is COCC(C)N(C)C(CN)Cc1ccccc1. The van der Waals surface area contributed by atoms with Gasteiger partial charge in [0.15, 0.2) is 0 Å². The van der Waals surface area contributed by atoms with Gasteiger partial charge in [0.1, 0.15) is 0 Å². The first kappa shape index (κ1) is 14.2. The van der Waals surface area contributed by atoms with Crippen molar-refractivity contribution in [2.24, 2.45) is 5.73 Å². The Labute approximate surface area is 105 Å². The van der Waals surface area contributed by atoms with Gasteiger partial charge >= 0.3 is 0 Å². The number of hydrogen-bond donors (Lipinski definition) is 1. The van der Waals surface area contributed by atoms with Gasteiger partial charge in [0, 0.05) is 25.7 Å². The zero-order valence-electron chi connectivity index (χ0n) is 11.1. The van der Waals surface area contributed by atoms with E-state index in [2.05, 4.69) is 43.1 Å². The van der Waals surface area contributed by atoms with E-state index < -0.39 is 0 Å². The highest BCUT2D eigenvalue weighted by Crippen LogP contribution is 2.09. The molecule has 0 spiro atoms. The van der Waals surface area contributed by atoms with Gasteiger partial charge in [-0.1, -0.05) is 30.3 Å². The molecule has 0 aliphatic heterocycles. The smallest absolute Gasteiger partial charge is 0.0615 e. The van der Waals surface area contributed by atoms with E-state index >= 15 is 0 Å². The van der Waals surface area contributed by atoms with E-state index in [9.17, 15) is 0 Å². The van der Waals surface area contributed by atoms with Crippen molar-refractivity contribution in [2.45, 2.75) is 25.4 Å². The maximum absolute atomic E-state index is 5.87. The Balaban J connectivity index is 2.59. The maximum Gasteiger partial charge on any atom is 0.0615 e. The van der Waals surface area contributed by atoms with Crippen LogP contribution in [-0.2, 0) is 11.2 Å². The monoisotopic (exact) mass is 236 g/mol. The summed E-state index contributed by atoms with van der Waals surface area (Å²) < 4.78 is 5.19. The molecule has 0 amide bonds. The van der Waals surface area contributed by atoms with Crippen molar-refractivity contribution in [3.8, 4) is 0 Å². The average molecular weight is 236 g/mol. The summed E-state index contributed by atoms with van der Waals surface area (Å²) in [5.41, 5.74) is 7.21. The van der Waals surface area contributed by atoms with Gasteiger partial charge in [0.2, 0.25) is 0 Å². The number of rotatable bonds is 7. The van der Waals surface area contributed by atoms with Crippen molar-refractivity contribution >= 4 is 0 Å². The van der Waals surface area contributed by atoms with Crippen LogP contribution in [-0.4, -0.2) is 44.3 Å². The van der Waals surface area contributed by atoms with Crippen LogP contribution in [0.4, 0.5) is 0 Å². The molecule has 0 aliphatic rings. The molecule has 2 N–H and O–H groups in total. The van der Waals surface area contributed by atoms with Crippen LogP contribution in [0.3, 0.4) is 0 Å². The predicted molar refractivity (Wildman–Crippen MR) is 72.1 cm³/mol. The number of methoxy groups -OCH3 is 1. The minimum Gasteiger partial charge on any atom is -0.383 e. The summed E-state index contributed by atoms with van der Waals surface area (Å²) in [7, 11) is 3.85. The molecule has 0 aromatic heterocycles. The van der Waals surface area contributed by atoms with Crippen LogP contribution in [0, 0.1) is 0 Å². The highest BCUT2D eigenvalue weighted by Gasteiger charge is 2.18. The fourth-order valence-corrected chi connectivity index (χ4v) is 2.00. The molecule has 17 heavy (non-hydrogen) atoms. The summed E-state index contributed by atoms with van der Waals surface area (Å²) in [6.07, 6.45) is 0.988. The van der Waals surface area contributed by atoms with E-state index in [1.807, 2.05) is 6.07 Å². The topological polar surface area (TPSA) is 38.5 Å². The first-order valence-electron chi connectivity index (χ1n) is 6.14. The minimum absolute atomic E-state index is 0.363. The summed E-state index contributed by atoms with van der Waals surface area (Å²) >= 11 is 0. The van der Waals surface area contributed by atoms with Gasteiger partial charge in [-0.15, -0.1) is 0 Å². The number of hydrogen-bond acceptors (Lipinski definition) is 3. The van der Waals surface area contributed by atoms with Crippen molar-refractivity contribution in [3.63, 3.8) is 0 Å². The zero-order valence-corrected chi connectivity index (χ0v) is 11.1. The molecule has 1 aromatic carbocycles. The molecule has 2 unspecified atom stereocenters. The molecule has 3 nitrogen and oxygen atoms in total. The number of ether oxygens (including phenoxy) is 1. The lowest BCUT2D eigenvalue weighted by atomic mass is 10.0. The second-order valence-electron chi connectivity index (χ2n) is 4.55. The van der Waals surface area contributed by atoms with Gasteiger partial charge in [-0.2, -0.15) is 0 Å². The molecule has 0 saturated carbocycles. The lowest BCUT2D eigenvalue weighted by Crippen LogP contribution is -2.46. The van der Waals surface area contributed by atoms with Crippen LogP contribution in [0.15, 0.2) is 30.3 Å². The standard InChI is InChI=1S/C14H24N2O/c1-12(11-17-3)16(2)14(10-15)9-13-7-5-4-6-8-13/h4-8,12,14H,9-11,15H2,1-3H3. The van der Waals surface area contributed by atoms with E-state index in [-0.39, 0.29) is 0 Å². The lowest BCUT2D eigenvalue weighted by molar-refractivity contribution is 0.0910. The van der Waals surface area contributed by atoms with E-state index in [0.29, 0.717) is 18.6 Å². The molecule has 3 heteroatoms. The Morgan fingerprint density at radius 1 is 1.29 bits per heavy atom.